The second-order valence-electron chi connectivity index (χ2n) is 4.35. The fourth-order valence-corrected chi connectivity index (χ4v) is 3.15. The fourth-order valence-electron chi connectivity index (χ4n) is 2.13. The van der Waals surface area contributed by atoms with E-state index in [-0.39, 0.29) is 5.92 Å². The predicted octanol–water partition coefficient (Wildman–Crippen LogP) is 3.16. The van der Waals surface area contributed by atoms with Gasteiger partial charge in [-0.3, -0.25) is 0 Å². The zero-order valence-corrected chi connectivity index (χ0v) is 12.3. The first-order chi connectivity index (χ1) is 9.19. The fraction of sp³-hybridized carbons (Fsp3) is 0.333. The lowest BCUT2D eigenvalue weighted by Crippen LogP contribution is -2.12. The molecular weight excluding hydrogens is 258 g/mol. The van der Waals surface area contributed by atoms with Crippen LogP contribution in [-0.4, -0.2) is 20.8 Å². The summed E-state index contributed by atoms with van der Waals surface area (Å²) in [5.74, 6) is 1.69. The highest BCUT2D eigenvalue weighted by atomic mass is 32.1. The third kappa shape index (κ3) is 2.91. The molecule has 2 aromatic rings. The van der Waals surface area contributed by atoms with Gasteiger partial charge in [0.1, 0.15) is 0 Å². The molecule has 19 heavy (non-hydrogen) atoms. The number of benzene rings is 1. The predicted molar refractivity (Wildman–Crippen MR) is 79.5 cm³/mol. The molecule has 0 fully saturated rings. The summed E-state index contributed by atoms with van der Waals surface area (Å²) in [7, 11) is 3.29. The molecule has 0 amide bonds. The highest BCUT2D eigenvalue weighted by Crippen LogP contribution is 2.35. The van der Waals surface area contributed by atoms with Gasteiger partial charge in [-0.25, -0.2) is 0 Å². The van der Waals surface area contributed by atoms with Gasteiger partial charge in [0.25, 0.3) is 0 Å². The molecule has 0 saturated carbocycles. The molecule has 0 aliphatic carbocycles. The van der Waals surface area contributed by atoms with Gasteiger partial charge in [0.15, 0.2) is 11.5 Å². The minimum Gasteiger partial charge on any atom is -0.493 e. The van der Waals surface area contributed by atoms with Gasteiger partial charge in [-0.15, -0.1) is 11.3 Å². The van der Waals surface area contributed by atoms with E-state index in [1.807, 2.05) is 18.2 Å². The molecular formula is C15H19NO2S. The number of methoxy groups -OCH3 is 2. The molecule has 1 atom stereocenters. The van der Waals surface area contributed by atoms with Crippen molar-refractivity contribution in [3.63, 3.8) is 0 Å². The van der Waals surface area contributed by atoms with Gasteiger partial charge in [0.2, 0.25) is 0 Å². The Balaban J connectivity index is 2.38. The van der Waals surface area contributed by atoms with Crippen molar-refractivity contribution >= 4 is 11.3 Å². The maximum Gasteiger partial charge on any atom is 0.161 e. The van der Waals surface area contributed by atoms with Gasteiger partial charge < -0.3 is 15.2 Å². The summed E-state index contributed by atoms with van der Waals surface area (Å²) < 4.78 is 10.6. The van der Waals surface area contributed by atoms with Crippen LogP contribution < -0.4 is 15.2 Å². The summed E-state index contributed by atoms with van der Waals surface area (Å²) in [6.45, 7) is 2.69. The zero-order chi connectivity index (χ0) is 13.8. The minimum absolute atomic E-state index is 0.207. The van der Waals surface area contributed by atoms with Gasteiger partial charge in [0.05, 0.1) is 14.2 Å². The van der Waals surface area contributed by atoms with E-state index in [9.17, 15) is 0 Å². The highest BCUT2D eigenvalue weighted by Gasteiger charge is 2.16. The SMILES string of the molecule is COc1ccc(C(CN)c2ccc(C)s2)cc1OC. The van der Waals surface area contributed by atoms with E-state index in [4.69, 9.17) is 15.2 Å². The summed E-state index contributed by atoms with van der Waals surface area (Å²) in [6.07, 6.45) is 0. The molecule has 1 aromatic carbocycles. The van der Waals surface area contributed by atoms with E-state index in [1.165, 1.54) is 9.75 Å². The maximum atomic E-state index is 5.94. The molecule has 1 unspecified atom stereocenters. The molecule has 0 bridgehead atoms. The average Bonchev–Trinajstić information content (AvgIpc) is 2.86. The molecule has 1 heterocycles. The Morgan fingerprint density at radius 3 is 2.37 bits per heavy atom. The molecule has 0 aliphatic heterocycles. The Bertz CT molecular complexity index is 551. The highest BCUT2D eigenvalue weighted by molar-refractivity contribution is 7.12. The maximum absolute atomic E-state index is 5.94. The van der Waals surface area contributed by atoms with E-state index < -0.39 is 0 Å². The Morgan fingerprint density at radius 1 is 1.11 bits per heavy atom. The van der Waals surface area contributed by atoms with Crippen molar-refractivity contribution in [3.8, 4) is 11.5 Å². The first kappa shape index (κ1) is 13.9. The van der Waals surface area contributed by atoms with Gasteiger partial charge in [0, 0.05) is 22.2 Å². The average molecular weight is 277 g/mol. The molecule has 0 aliphatic rings. The summed E-state index contributed by atoms with van der Waals surface area (Å²) in [4.78, 5) is 2.58. The Hall–Kier alpha value is -1.52. The van der Waals surface area contributed by atoms with Gasteiger partial charge in [-0.2, -0.15) is 0 Å². The van der Waals surface area contributed by atoms with Crippen LogP contribution in [0.5, 0.6) is 11.5 Å². The Labute approximate surface area is 118 Å². The van der Waals surface area contributed by atoms with Crippen LogP contribution in [0.4, 0.5) is 0 Å². The number of rotatable bonds is 5. The van der Waals surface area contributed by atoms with Crippen molar-refractivity contribution in [2.45, 2.75) is 12.8 Å². The third-order valence-electron chi connectivity index (χ3n) is 3.15. The monoisotopic (exact) mass is 277 g/mol. The normalized spacial score (nSPS) is 12.2. The smallest absolute Gasteiger partial charge is 0.161 e. The van der Waals surface area contributed by atoms with Gasteiger partial charge in [-0.05, 0) is 36.8 Å². The number of aryl methyl sites for hydroxylation is 1. The van der Waals surface area contributed by atoms with Crippen molar-refractivity contribution in [2.24, 2.45) is 5.73 Å². The van der Waals surface area contributed by atoms with Crippen LogP contribution >= 0.6 is 11.3 Å². The second-order valence-corrected chi connectivity index (χ2v) is 5.67. The van der Waals surface area contributed by atoms with Crippen LogP contribution in [0.3, 0.4) is 0 Å². The number of hydrogen-bond acceptors (Lipinski definition) is 4. The van der Waals surface area contributed by atoms with Crippen molar-refractivity contribution < 1.29 is 9.47 Å². The van der Waals surface area contributed by atoms with Crippen LogP contribution in [-0.2, 0) is 0 Å². The minimum atomic E-state index is 0.207. The van der Waals surface area contributed by atoms with Crippen molar-refractivity contribution in [1.82, 2.24) is 0 Å². The number of hydrogen-bond donors (Lipinski definition) is 1. The lowest BCUT2D eigenvalue weighted by atomic mass is 9.97. The summed E-state index contributed by atoms with van der Waals surface area (Å²) >= 11 is 1.79. The van der Waals surface area contributed by atoms with Crippen molar-refractivity contribution in [2.75, 3.05) is 20.8 Å². The quantitative estimate of drug-likeness (QED) is 0.913. The van der Waals surface area contributed by atoms with Gasteiger partial charge >= 0.3 is 0 Å². The Morgan fingerprint density at radius 2 is 1.84 bits per heavy atom. The van der Waals surface area contributed by atoms with E-state index in [0.29, 0.717) is 6.54 Å². The van der Waals surface area contributed by atoms with Crippen LogP contribution in [0.2, 0.25) is 0 Å². The van der Waals surface area contributed by atoms with E-state index in [1.54, 1.807) is 25.6 Å². The molecule has 0 spiro atoms. The number of nitrogens with two attached hydrogens (primary N) is 1. The second kappa shape index (κ2) is 6.08. The van der Waals surface area contributed by atoms with Crippen molar-refractivity contribution in [1.29, 1.82) is 0 Å². The Kier molecular flexibility index (Phi) is 4.45. The van der Waals surface area contributed by atoms with Crippen LogP contribution in [0.1, 0.15) is 21.2 Å². The van der Waals surface area contributed by atoms with Crippen molar-refractivity contribution in [3.05, 3.63) is 45.6 Å². The first-order valence-electron chi connectivity index (χ1n) is 6.18. The standard InChI is InChI=1S/C15H19NO2S/c1-10-4-7-15(19-10)12(9-16)11-5-6-13(17-2)14(8-11)18-3/h4-8,12H,9,16H2,1-3H3. The molecule has 4 heteroatoms. The summed E-state index contributed by atoms with van der Waals surface area (Å²) in [5, 5.41) is 0. The molecule has 2 rings (SSSR count). The lowest BCUT2D eigenvalue weighted by molar-refractivity contribution is 0.354. The number of ether oxygens (including phenoxy) is 2. The largest absolute Gasteiger partial charge is 0.493 e. The summed E-state index contributed by atoms with van der Waals surface area (Å²) in [5.41, 5.74) is 7.10. The van der Waals surface area contributed by atoms with Crippen LogP contribution in [0.25, 0.3) is 0 Å². The zero-order valence-electron chi connectivity index (χ0n) is 11.5. The molecule has 2 N–H and O–H groups in total. The third-order valence-corrected chi connectivity index (χ3v) is 4.26. The molecule has 0 radical (unpaired) electrons. The van der Waals surface area contributed by atoms with E-state index in [0.717, 1.165) is 17.1 Å². The van der Waals surface area contributed by atoms with Crippen LogP contribution in [0, 0.1) is 6.92 Å². The number of thiophene rings is 1. The topological polar surface area (TPSA) is 44.5 Å². The molecule has 3 nitrogen and oxygen atoms in total. The van der Waals surface area contributed by atoms with Crippen LogP contribution in [0.15, 0.2) is 30.3 Å². The molecule has 0 saturated heterocycles. The lowest BCUT2D eigenvalue weighted by Gasteiger charge is -2.16. The first-order valence-corrected chi connectivity index (χ1v) is 6.99. The van der Waals surface area contributed by atoms with E-state index in [2.05, 4.69) is 19.1 Å². The molecule has 1 aromatic heterocycles. The van der Waals surface area contributed by atoms with Gasteiger partial charge in [-0.1, -0.05) is 6.07 Å². The van der Waals surface area contributed by atoms with E-state index >= 15 is 0 Å². The molecule has 102 valence electrons. The summed E-state index contributed by atoms with van der Waals surface area (Å²) in [6, 6.07) is 10.3.